The molecule has 0 radical (unpaired) electrons. The molecule has 0 spiro atoms. The number of nitrogens with two attached hydrogens (primary N) is 2. The summed E-state index contributed by atoms with van der Waals surface area (Å²) in [7, 11) is -4.70. The summed E-state index contributed by atoms with van der Waals surface area (Å²) >= 11 is 0. The van der Waals surface area contributed by atoms with Crippen molar-refractivity contribution in [2.45, 2.75) is 12.8 Å². The lowest BCUT2D eigenvalue weighted by molar-refractivity contribution is -0.835. The second kappa shape index (κ2) is 4.46. The average Bonchev–Trinajstić information content (AvgIpc) is 2.75. The van der Waals surface area contributed by atoms with Gasteiger partial charge in [-0.15, -0.1) is 0 Å². The highest BCUT2D eigenvalue weighted by molar-refractivity contribution is 7.80. The molecule has 18 heavy (non-hydrogen) atoms. The lowest BCUT2D eigenvalue weighted by atomic mass is 10.4. The Bertz CT molecular complexity index is 532. The predicted molar refractivity (Wildman–Crippen MR) is 62.8 cm³/mol. The number of nitrogen functional groups attached to an aromatic ring is 2. The van der Waals surface area contributed by atoms with Crippen molar-refractivity contribution < 1.29 is 22.0 Å². The molecular formula is C8H14N5O4S+. The van der Waals surface area contributed by atoms with Crippen LogP contribution in [0.3, 0.4) is 0 Å². The van der Waals surface area contributed by atoms with E-state index in [1.165, 1.54) is 6.07 Å². The van der Waals surface area contributed by atoms with Crippen LogP contribution in [0, 0.1) is 0 Å². The summed E-state index contributed by atoms with van der Waals surface area (Å²) in [4.78, 5) is 5.96. The van der Waals surface area contributed by atoms with Crippen LogP contribution >= 0.6 is 0 Å². The van der Waals surface area contributed by atoms with E-state index in [0.29, 0.717) is 10.5 Å². The maximum absolute atomic E-state index is 10.6. The molecule has 1 saturated heterocycles. The third-order valence-electron chi connectivity index (χ3n) is 2.55. The Morgan fingerprint density at radius 2 is 2.00 bits per heavy atom. The van der Waals surface area contributed by atoms with E-state index in [0.717, 1.165) is 25.9 Å². The van der Waals surface area contributed by atoms with E-state index in [1.807, 2.05) is 4.90 Å². The quantitative estimate of drug-likeness (QED) is 0.442. The van der Waals surface area contributed by atoms with Crippen molar-refractivity contribution in [2.75, 3.05) is 29.5 Å². The van der Waals surface area contributed by atoms with E-state index in [2.05, 4.69) is 9.27 Å². The first-order chi connectivity index (χ1) is 8.37. The van der Waals surface area contributed by atoms with Crippen LogP contribution in [0.5, 0.6) is 0 Å². The van der Waals surface area contributed by atoms with Gasteiger partial charge in [-0.05, 0) is 17.6 Å². The van der Waals surface area contributed by atoms with Crippen molar-refractivity contribution in [3.05, 3.63) is 6.07 Å². The molecule has 1 aliphatic rings. The second-order valence-electron chi connectivity index (χ2n) is 3.89. The Labute approximate surface area is 104 Å². The highest BCUT2D eigenvalue weighted by Crippen LogP contribution is 2.19. The summed E-state index contributed by atoms with van der Waals surface area (Å²) in [5.74, 6) is 0.231. The van der Waals surface area contributed by atoms with Crippen LogP contribution in [0.4, 0.5) is 17.6 Å². The largest absolute Gasteiger partial charge is 0.474 e. The SMILES string of the molecule is Nc1cc(N2CCCC2)nc(N)[n+]1OS(=O)(=O)O. The minimum atomic E-state index is -4.70. The van der Waals surface area contributed by atoms with E-state index in [4.69, 9.17) is 16.0 Å². The number of hydrogen-bond donors (Lipinski definition) is 3. The first kappa shape index (κ1) is 12.6. The van der Waals surface area contributed by atoms with Gasteiger partial charge in [-0.2, -0.15) is 8.42 Å². The molecule has 0 atom stereocenters. The van der Waals surface area contributed by atoms with Crippen molar-refractivity contribution >= 4 is 28.0 Å². The lowest BCUT2D eigenvalue weighted by Gasteiger charge is -2.15. The van der Waals surface area contributed by atoms with Gasteiger partial charge in [0.15, 0.2) is 5.82 Å². The molecule has 1 aliphatic heterocycles. The van der Waals surface area contributed by atoms with E-state index in [1.54, 1.807) is 0 Å². The topological polar surface area (TPSA) is 136 Å². The van der Waals surface area contributed by atoms with Gasteiger partial charge >= 0.3 is 16.3 Å². The fraction of sp³-hybridized carbons (Fsp3) is 0.500. The summed E-state index contributed by atoms with van der Waals surface area (Å²) in [5.41, 5.74) is 11.2. The van der Waals surface area contributed by atoms with Gasteiger partial charge in [0, 0.05) is 13.1 Å². The van der Waals surface area contributed by atoms with Crippen molar-refractivity contribution in [3.63, 3.8) is 0 Å². The maximum atomic E-state index is 10.6. The second-order valence-corrected chi connectivity index (χ2v) is 4.89. The van der Waals surface area contributed by atoms with E-state index >= 15 is 0 Å². The van der Waals surface area contributed by atoms with Crippen LogP contribution in [0.2, 0.25) is 0 Å². The molecule has 1 aromatic rings. The normalized spacial score (nSPS) is 15.9. The Balaban J connectivity index is 2.34. The van der Waals surface area contributed by atoms with Crippen molar-refractivity contribution in [3.8, 4) is 0 Å². The lowest BCUT2D eigenvalue weighted by Crippen LogP contribution is -2.50. The van der Waals surface area contributed by atoms with Crippen LogP contribution in [-0.2, 0) is 10.4 Å². The number of rotatable bonds is 3. The number of nitrogens with zero attached hydrogens (tertiary/aromatic N) is 3. The van der Waals surface area contributed by atoms with Gasteiger partial charge in [0.2, 0.25) is 5.82 Å². The van der Waals surface area contributed by atoms with Crippen molar-refractivity contribution in [1.29, 1.82) is 0 Å². The van der Waals surface area contributed by atoms with Gasteiger partial charge in [-0.3, -0.25) is 4.55 Å². The summed E-state index contributed by atoms with van der Waals surface area (Å²) in [5, 5.41) is 0. The molecule has 0 amide bonds. The molecule has 2 heterocycles. The predicted octanol–water partition coefficient (Wildman–Crippen LogP) is -1.63. The molecule has 0 unspecified atom stereocenters. The van der Waals surface area contributed by atoms with E-state index < -0.39 is 10.4 Å². The zero-order chi connectivity index (χ0) is 13.3. The van der Waals surface area contributed by atoms with Crippen LogP contribution in [0.1, 0.15) is 12.8 Å². The highest BCUT2D eigenvalue weighted by atomic mass is 32.3. The Hall–Kier alpha value is -1.81. The first-order valence-electron chi connectivity index (χ1n) is 5.27. The molecule has 0 bridgehead atoms. The van der Waals surface area contributed by atoms with Gasteiger partial charge in [-0.1, -0.05) is 4.98 Å². The fourth-order valence-electron chi connectivity index (χ4n) is 1.80. The van der Waals surface area contributed by atoms with Crippen molar-refractivity contribution in [2.24, 2.45) is 0 Å². The first-order valence-corrected chi connectivity index (χ1v) is 6.64. The van der Waals surface area contributed by atoms with Crippen LogP contribution in [-0.4, -0.2) is 31.0 Å². The molecule has 0 aromatic carbocycles. The minimum absolute atomic E-state index is 0.0676. The zero-order valence-electron chi connectivity index (χ0n) is 9.48. The molecule has 0 saturated carbocycles. The molecule has 1 fully saturated rings. The van der Waals surface area contributed by atoms with Gasteiger partial charge in [0.1, 0.15) is 0 Å². The van der Waals surface area contributed by atoms with Crippen molar-refractivity contribution in [1.82, 2.24) is 4.98 Å². The Kier molecular flexibility index (Phi) is 3.13. The Morgan fingerprint density at radius 1 is 1.39 bits per heavy atom. The molecule has 10 heteroatoms. The van der Waals surface area contributed by atoms with E-state index in [-0.39, 0.29) is 11.8 Å². The number of anilines is 3. The van der Waals surface area contributed by atoms with Gasteiger partial charge < -0.3 is 16.4 Å². The monoisotopic (exact) mass is 276 g/mol. The number of hydrogen-bond acceptors (Lipinski definition) is 7. The zero-order valence-corrected chi connectivity index (χ0v) is 10.3. The summed E-state index contributed by atoms with van der Waals surface area (Å²) in [6, 6.07) is 1.44. The third kappa shape index (κ3) is 2.71. The molecular weight excluding hydrogens is 262 g/mol. The van der Waals surface area contributed by atoms with Gasteiger partial charge in [-0.25, -0.2) is 4.28 Å². The van der Waals surface area contributed by atoms with Gasteiger partial charge in [0.05, 0.1) is 6.07 Å². The molecule has 5 N–H and O–H groups in total. The van der Waals surface area contributed by atoms with Gasteiger partial charge in [0.25, 0.3) is 0 Å². The smallest absolute Gasteiger partial charge is 0.346 e. The summed E-state index contributed by atoms with van der Waals surface area (Å²) < 4.78 is 34.5. The molecule has 9 nitrogen and oxygen atoms in total. The average molecular weight is 276 g/mol. The summed E-state index contributed by atoms with van der Waals surface area (Å²) in [6.45, 7) is 1.68. The minimum Gasteiger partial charge on any atom is -0.346 e. The maximum Gasteiger partial charge on any atom is 0.474 e. The van der Waals surface area contributed by atoms with Crippen LogP contribution in [0.25, 0.3) is 0 Å². The molecule has 100 valence electrons. The molecule has 1 aromatic heterocycles. The summed E-state index contributed by atoms with van der Waals surface area (Å²) in [6.07, 6.45) is 2.11. The molecule has 2 rings (SSSR count). The third-order valence-corrected chi connectivity index (χ3v) is 2.88. The van der Waals surface area contributed by atoms with Crippen LogP contribution in [0.15, 0.2) is 6.07 Å². The highest BCUT2D eigenvalue weighted by Gasteiger charge is 2.23. The Morgan fingerprint density at radius 3 is 2.50 bits per heavy atom. The van der Waals surface area contributed by atoms with Crippen LogP contribution < -0.4 is 25.4 Å². The standard InChI is InChI=1S/C8H13N5O4S/c9-6-5-7(12-3-1-2-4-12)11-8(10)13(6)17-18(14,15)16/h5H,1-4H2,(H4,9,10,11,14,15,16)/p+1. The molecule has 0 aliphatic carbocycles. The number of aromatic nitrogens is 2. The van der Waals surface area contributed by atoms with E-state index in [9.17, 15) is 8.42 Å². The fourth-order valence-corrected chi connectivity index (χ4v) is 2.15.